The first-order valence-electron chi connectivity index (χ1n) is 8.28. The van der Waals surface area contributed by atoms with Crippen molar-refractivity contribution in [1.82, 2.24) is 19.3 Å². The van der Waals surface area contributed by atoms with Gasteiger partial charge in [0.15, 0.2) is 5.65 Å². The fourth-order valence-electron chi connectivity index (χ4n) is 3.61. The second-order valence-corrected chi connectivity index (χ2v) is 6.26. The number of rotatable bonds is 2. The van der Waals surface area contributed by atoms with Crippen molar-refractivity contribution in [1.29, 1.82) is 0 Å². The lowest BCUT2D eigenvalue weighted by Gasteiger charge is -2.25. The predicted molar refractivity (Wildman–Crippen MR) is 90.0 cm³/mol. The van der Waals surface area contributed by atoms with Crippen LogP contribution in [0.5, 0.6) is 0 Å². The normalized spacial score (nSPS) is 16.0. The van der Waals surface area contributed by atoms with Gasteiger partial charge in [0.05, 0.1) is 11.9 Å². The van der Waals surface area contributed by atoms with Crippen molar-refractivity contribution < 1.29 is 0 Å². The first-order chi connectivity index (χ1) is 11.3. The van der Waals surface area contributed by atoms with E-state index in [0.29, 0.717) is 11.0 Å². The number of hydrogen-bond acceptors (Lipinski definition) is 3. The lowest BCUT2D eigenvalue weighted by Crippen LogP contribution is -2.29. The highest BCUT2D eigenvalue weighted by molar-refractivity contribution is 5.75. The van der Waals surface area contributed by atoms with E-state index in [1.165, 1.54) is 19.3 Å². The maximum atomic E-state index is 13.0. The number of benzene rings is 1. The molecule has 0 spiro atoms. The van der Waals surface area contributed by atoms with Gasteiger partial charge in [0.2, 0.25) is 0 Å². The molecule has 5 heteroatoms. The molecule has 23 heavy (non-hydrogen) atoms. The summed E-state index contributed by atoms with van der Waals surface area (Å²) in [6.45, 7) is 1.93. The van der Waals surface area contributed by atoms with Gasteiger partial charge in [0.25, 0.3) is 5.56 Å². The van der Waals surface area contributed by atoms with Crippen molar-refractivity contribution in [2.45, 2.75) is 45.1 Å². The zero-order valence-corrected chi connectivity index (χ0v) is 13.3. The molecule has 1 saturated carbocycles. The van der Waals surface area contributed by atoms with E-state index in [9.17, 15) is 4.79 Å². The van der Waals surface area contributed by atoms with Crippen LogP contribution in [-0.4, -0.2) is 19.3 Å². The van der Waals surface area contributed by atoms with E-state index < -0.39 is 0 Å². The van der Waals surface area contributed by atoms with Gasteiger partial charge in [-0.1, -0.05) is 37.5 Å². The summed E-state index contributed by atoms with van der Waals surface area (Å²) in [4.78, 5) is 17.7. The largest absolute Gasteiger partial charge is 0.293 e. The molecule has 118 valence electrons. The van der Waals surface area contributed by atoms with Crippen LogP contribution in [-0.2, 0) is 0 Å². The topological polar surface area (TPSA) is 52.7 Å². The molecule has 5 nitrogen and oxygen atoms in total. The second-order valence-electron chi connectivity index (χ2n) is 6.26. The molecule has 0 bridgehead atoms. The van der Waals surface area contributed by atoms with Crippen LogP contribution < -0.4 is 5.56 Å². The fraction of sp³-hybridized carbons (Fsp3) is 0.389. The molecule has 4 rings (SSSR count). The molecular formula is C18H20N4O. The van der Waals surface area contributed by atoms with Crippen LogP contribution in [0.4, 0.5) is 0 Å². The van der Waals surface area contributed by atoms with E-state index in [1.807, 2.05) is 41.8 Å². The summed E-state index contributed by atoms with van der Waals surface area (Å²) in [6, 6.07) is 10.1. The summed E-state index contributed by atoms with van der Waals surface area (Å²) in [5, 5.41) is 5.00. The van der Waals surface area contributed by atoms with E-state index in [1.54, 1.807) is 10.9 Å². The highest BCUT2D eigenvalue weighted by atomic mass is 16.1. The summed E-state index contributed by atoms with van der Waals surface area (Å²) in [5.74, 6) is 0.784. The van der Waals surface area contributed by atoms with Gasteiger partial charge in [-0.25, -0.2) is 9.67 Å². The SMILES string of the molecule is Cc1nc2c(cnn2-c2ccccc2)c(=O)n1C1CCCCC1. The minimum atomic E-state index is 0.0431. The molecular weight excluding hydrogens is 288 g/mol. The lowest BCUT2D eigenvalue weighted by atomic mass is 9.95. The first-order valence-corrected chi connectivity index (χ1v) is 8.28. The molecule has 1 fully saturated rings. The van der Waals surface area contributed by atoms with Crippen molar-refractivity contribution >= 4 is 11.0 Å². The van der Waals surface area contributed by atoms with Gasteiger partial charge >= 0.3 is 0 Å². The van der Waals surface area contributed by atoms with Gasteiger partial charge in [-0.2, -0.15) is 5.10 Å². The minimum absolute atomic E-state index is 0.0431. The smallest absolute Gasteiger partial charge is 0.264 e. The minimum Gasteiger partial charge on any atom is -0.293 e. The Balaban J connectivity index is 1.89. The van der Waals surface area contributed by atoms with Crippen LogP contribution in [0, 0.1) is 6.92 Å². The van der Waals surface area contributed by atoms with E-state index in [-0.39, 0.29) is 11.6 Å². The fourth-order valence-corrected chi connectivity index (χ4v) is 3.61. The third kappa shape index (κ3) is 2.36. The number of aryl methyl sites for hydroxylation is 1. The van der Waals surface area contributed by atoms with Gasteiger partial charge < -0.3 is 0 Å². The Labute approximate surface area is 134 Å². The van der Waals surface area contributed by atoms with Gasteiger partial charge in [-0.15, -0.1) is 0 Å². The van der Waals surface area contributed by atoms with Crippen LogP contribution >= 0.6 is 0 Å². The van der Waals surface area contributed by atoms with Gasteiger partial charge in [0, 0.05) is 6.04 Å². The molecule has 0 N–H and O–H groups in total. The van der Waals surface area contributed by atoms with Crippen LogP contribution in [0.1, 0.15) is 44.0 Å². The quantitative estimate of drug-likeness (QED) is 0.729. The molecule has 1 aliphatic rings. The number of hydrogen-bond donors (Lipinski definition) is 0. The Morgan fingerprint density at radius 1 is 1.09 bits per heavy atom. The number of fused-ring (bicyclic) bond motifs is 1. The van der Waals surface area contributed by atoms with Crippen molar-refractivity contribution in [2.24, 2.45) is 0 Å². The lowest BCUT2D eigenvalue weighted by molar-refractivity contribution is 0.339. The standard InChI is InChI=1S/C18H20N4O/c1-13-20-17-16(12-19-22(17)15-10-6-3-7-11-15)18(23)21(13)14-8-4-2-5-9-14/h3,6-7,10-12,14H,2,4-5,8-9H2,1H3. The highest BCUT2D eigenvalue weighted by Crippen LogP contribution is 2.28. The molecule has 0 amide bonds. The zero-order chi connectivity index (χ0) is 15.8. The van der Waals surface area contributed by atoms with E-state index in [2.05, 4.69) is 5.10 Å². The number of aromatic nitrogens is 4. The molecule has 0 unspecified atom stereocenters. The summed E-state index contributed by atoms with van der Waals surface area (Å²) in [7, 11) is 0. The van der Waals surface area contributed by atoms with Crippen LogP contribution in [0.15, 0.2) is 41.3 Å². The van der Waals surface area contributed by atoms with Crippen molar-refractivity contribution in [3.05, 3.63) is 52.7 Å². The van der Waals surface area contributed by atoms with E-state index in [0.717, 1.165) is 24.4 Å². The second kappa shape index (κ2) is 5.65. The Hall–Kier alpha value is -2.43. The maximum Gasteiger partial charge on any atom is 0.264 e. The van der Waals surface area contributed by atoms with Gasteiger partial charge in [-0.05, 0) is 31.9 Å². The van der Waals surface area contributed by atoms with Crippen molar-refractivity contribution in [2.75, 3.05) is 0 Å². The molecule has 1 aliphatic carbocycles. The van der Waals surface area contributed by atoms with Crippen molar-refractivity contribution in [3.8, 4) is 5.69 Å². The average Bonchev–Trinajstić information content (AvgIpc) is 3.00. The van der Waals surface area contributed by atoms with Crippen LogP contribution in [0.2, 0.25) is 0 Å². The van der Waals surface area contributed by atoms with Crippen LogP contribution in [0.3, 0.4) is 0 Å². The third-order valence-corrected chi connectivity index (χ3v) is 4.75. The molecule has 1 aromatic carbocycles. The summed E-state index contributed by atoms with van der Waals surface area (Å²) in [6.07, 6.45) is 7.44. The zero-order valence-electron chi connectivity index (χ0n) is 13.3. The molecule has 0 saturated heterocycles. The van der Waals surface area contributed by atoms with Gasteiger partial charge in [-0.3, -0.25) is 9.36 Å². The maximum absolute atomic E-state index is 13.0. The van der Waals surface area contributed by atoms with Crippen molar-refractivity contribution in [3.63, 3.8) is 0 Å². The summed E-state index contributed by atoms with van der Waals surface area (Å²) >= 11 is 0. The number of para-hydroxylation sites is 1. The Kier molecular flexibility index (Phi) is 3.48. The van der Waals surface area contributed by atoms with E-state index in [4.69, 9.17) is 4.98 Å². The number of nitrogens with zero attached hydrogens (tertiary/aromatic N) is 4. The molecule has 0 radical (unpaired) electrons. The highest BCUT2D eigenvalue weighted by Gasteiger charge is 2.21. The molecule has 3 aromatic rings. The average molecular weight is 308 g/mol. The predicted octanol–water partition coefficient (Wildman–Crippen LogP) is 3.40. The Morgan fingerprint density at radius 2 is 1.83 bits per heavy atom. The third-order valence-electron chi connectivity index (χ3n) is 4.75. The van der Waals surface area contributed by atoms with E-state index >= 15 is 0 Å². The van der Waals surface area contributed by atoms with Gasteiger partial charge in [0.1, 0.15) is 11.2 Å². The monoisotopic (exact) mass is 308 g/mol. The summed E-state index contributed by atoms with van der Waals surface area (Å²) in [5.41, 5.74) is 1.61. The molecule has 0 atom stereocenters. The molecule has 0 aliphatic heterocycles. The summed E-state index contributed by atoms with van der Waals surface area (Å²) < 4.78 is 3.63. The Bertz CT molecular complexity index is 889. The Morgan fingerprint density at radius 3 is 2.57 bits per heavy atom. The molecule has 2 aromatic heterocycles. The molecule has 2 heterocycles. The first kappa shape index (κ1) is 14.2. The van der Waals surface area contributed by atoms with Crippen LogP contribution in [0.25, 0.3) is 16.7 Å².